The van der Waals surface area contributed by atoms with Crippen LogP contribution in [0.5, 0.6) is 5.75 Å². The van der Waals surface area contributed by atoms with E-state index < -0.39 is 5.66 Å². The molecule has 5 heterocycles. The van der Waals surface area contributed by atoms with E-state index in [9.17, 15) is 0 Å². The minimum absolute atomic E-state index is 0.0175. The van der Waals surface area contributed by atoms with Crippen LogP contribution in [0.1, 0.15) is 22.6 Å². The molecular weight excluding hydrogens is 885 g/mol. The lowest BCUT2D eigenvalue weighted by atomic mass is 9.83. The Hall–Kier alpha value is -9.46. The molecule has 72 heavy (non-hydrogen) atoms. The maximum atomic E-state index is 6.69. The van der Waals surface area contributed by atoms with E-state index in [1.54, 1.807) is 0 Å². The molecule has 3 unspecified atom stereocenters. The van der Waals surface area contributed by atoms with Crippen molar-refractivity contribution in [1.82, 2.24) is 9.97 Å². The molecule has 0 radical (unpaired) electrons. The SMILES string of the molecule is C1=CC2Oc3c(-c4ccc(N5c6nc7c(nc6N(c6ccc(-c8cccc9c8oc8ccccc89)cc6)C5(c5ccccc5)c5ccccc5-c5ccccc5)oc5ccccc57)cc4)cccc3C2C=C1. The number of allylic oxidation sites excluding steroid dienone is 2. The number of hydrogen-bond acceptors (Lipinski definition) is 7. The summed E-state index contributed by atoms with van der Waals surface area (Å²) < 4.78 is 19.9. The second-order valence-electron chi connectivity index (χ2n) is 18.7. The maximum Gasteiger partial charge on any atom is 0.248 e. The second kappa shape index (κ2) is 15.8. The predicted octanol–water partition coefficient (Wildman–Crippen LogP) is 16.4. The highest BCUT2D eigenvalue weighted by molar-refractivity contribution is 6.10. The van der Waals surface area contributed by atoms with Gasteiger partial charge in [0.1, 0.15) is 34.1 Å². The Bertz CT molecular complexity index is 4160. The van der Waals surface area contributed by atoms with Gasteiger partial charge >= 0.3 is 0 Å². The third-order valence-electron chi connectivity index (χ3n) is 14.8. The molecule has 3 atom stereocenters. The van der Waals surface area contributed by atoms with Gasteiger partial charge in [-0.05, 0) is 70.8 Å². The molecule has 340 valence electrons. The number of rotatable bonds is 7. The number of nitrogens with zero attached hydrogens (tertiary/aromatic N) is 4. The van der Waals surface area contributed by atoms with Gasteiger partial charge in [0.15, 0.2) is 17.3 Å². The van der Waals surface area contributed by atoms with Crippen LogP contribution < -0.4 is 14.5 Å². The van der Waals surface area contributed by atoms with E-state index in [0.717, 1.165) is 94.5 Å². The van der Waals surface area contributed by atoms with Crippen molar-refractivity contribution in [2.75, 3.05) is 9.80 Å². The number of fused-ring (bicyclic) bond motifs is 10. The standard InChI is InChI=1S/C65H42N4O3/c1-3-17-41(18-4-1)47-21-7-11-29-55(47)65(44-19-5-2-6-20-44)68(45-37-33-42(34-38-45)48-25-15-27-52-50-22-8-12-30-56(50)70-60(48)52)62-63(67-64-59(66-62)54-24-10-14-32-58(54)72-64)69(65)46-39-35-43(36-40-46)49-26-16-28-53-51-23-9-13-31-57(51)71-61(49)53/h1-40,50,56H. The van der Waals surface area contributed by atoms with Gasteiger partial charge in [0.2, 0.25) is 5.71 Å². The van der Waals surface area contributed by atoms with Crippen LogP contribution in [0.4, 0.5) is 23.0 Å². The summed E-state index contributed by atoms with van der Waals surface area (Å²) in [5, 5.41) is 3.09. The molecule has 7 heteroatoms. The van der Waals surface area contributed by atoms with Gasteiger partial charge in [-0.2, -0.15) is 4.98 Å². The number of benzene rings is 9. The van der Waals surface area contributed by atoms with Gasteiger partial charge in [0.05, 0.1) is 0 Å². The third kappa shape index (κ3) is 5.91. The lowest BCUT2D eigenvalue weighted by Gasteiger charge is -2.47. The molecule has 0 amide bonds. The lowest BCUT2D eigenvalue weighted by molar-refractivity contribution is 0.270. The van der Waals surface area contributed by atoms with Crippen LogP contribution in [0.3, 0.4) is 0 Å². The Morgan fingerprint density at radius 3 is 1.78 bits per heavy atom. The first kappa shape index (κ1) is 40.4. The first-order valence-electron chi connectivity index (χ1n) is 24.5. The van der Waals surface area contributed by atoms with Gasteiger partial charge in [0, 0.05) is 61.3 Å². The normalized spacial score (nSPS) is 17.7. The molecule has 0 saturated carbocycles. The van der Waals surface area contributed by atoms with Crippen molar-refractivity contribution >= 4 is 67.1 Å². The zero-order chi connectivity index (χ0) is 47.3. The number of para-hydroxylation sites is 4. The fourth-order valence-corrected chi connectivity index (χ4v) is 11.7. The smallest absolute Gasteiger partial charge is 0.248 e. The molecule has 15 rings (SSSR count). The summed E-state index contributed by atoms with van der Waals surface area (Å²) in [6.45, 7) is 0. The molecule has 12 aromatic rings. The Morgan fingerprint density at radius 1 is 0.431 bits per heavy atom. The van der Waals surface area contributed by atoms with Crippen molar-refractivity contribution in [3.05, 3.63) is 259 Å². The van der Waals surface area contributed by atoms with Crippen LogP contribution in [-0.4, -0.2) is 16.1 Å². The summed E-state index contributed by atoms with van der Waals surface area (Å²) in [6, 6.07) is 77.1. The molecule has 3 aromatic heterocycles. The average molecular weight is 927 g/mol. The molecule has 1 aliphatic carbocycles. The Morgan fingerprint density at radius 2 is 1.00 bits per heavy atom. The van der Waals surface area contributed by atoms with E-state index in [4.69, 9.17) is 23.5 Å². The van der Waals surface area contributed by atoms with Crippen LogP contribution in [-0.2, 0) is 5.66 Å². The van der Waals surface area contributed by atoms with E-state index in [-0.39, 0.29) is 12.0 Å². The van der Waals surface area contributed by atoms with Gasteiger partial charge in [-0.25, -0.2) is 4.98 Å². The highest BCUT2D eigenvalue weighted by Gasteiger charge is 2.57. The fourth-order valence-electron chi connectivity index (χ4n) is 11.7. The molecule has 0 saturated heterocycles. The molecule has 7 nitrogen and oxygen atoms in total. The Balaban J connectivity index is 0.999. The largest absolute Gasteiger partial charge is 0.484 e. The molecule has 0 N–H and O–H groups in total. The minimum Gasteiger partial charge on any atom is -0.484 e. The third-order valence-corrected chi connectivity index (χ3v) is 14.8. The van der Waals surface area contributed by atoms with E-state index >= 15 is 0 Å². The monoisotopic (exact) mass is 926 g/mol. The molecular formula is C65H42N4O3. The molecule has 2 aliphatic heterocycles. The van der Waals surface area contributed by atoms with Crippen molar-refractivity contribution in [3.8, 4) is 39.1 Å². The minimum atomic E-state index is -1.13. The van der Waals surface area contributed by atoms with Crippen LogP contribution in [0.15, 0.2) is 252 Å². The van der Waals surface area contributed by atoms with Crippen molar-refractivity contribution in [1.29, 1.82) is 0 Å². The van der Waals surface area contributed by atoms with E-state index in [1.165, 1.54) is 5.56 Å². The average Bonchev–Trinajstić information content (AvgIpc) is 4.22. The number of hydrogen-bond donors (Lipinski definition) is 0. The van der Waals surface area contributed by atoms with Crippen molar-refractivity contribution in [2.24, 2.45) is 0 Å². The fraction of sp³-hybridized carbons (Fsp3) is 0.0462. The van der Waals surface area contributed by atoms with Gasteiger partial charge in [-0.15, -0.1) is 0 Å². The van der Waals surface area contributed by atoms with Crippen molar-refractivity contribution < 1.29 is 13.6 Å². The summed E-state index contributed by atoms with van der Waals surface area (Å²) >= 11 is 0. The second-order valence-corrected chi connectivity index (χ2v) is 18.7. The summed E-state index contributed by atoms with van der Waals surface area (Å²) in [7, 11) is 0. The molecule has 0 spiro atoms. The zero-order valence-electron chi connectivity index (χ0n) is 38.8. The number of furan rings is 2. The number of ether oxygens (including phenoxy) is 1. The summed E-state index contributed by atoms with van der Waals surface area (Å²) in [4.78, 5) is 16.0. The van der Waals surface area contributed by atoms with Crippen LogP contribution >= 0.6 is 0 Å². The number of anilines is 4. The first-order chi connectivity index (χ1) is 35.7. The van der Waals surface area contributed by atoms with Gasteiger partial charge < -0.3 is 13.6 Å². The molecule has 0 bridgehead atoms. The zero-order valence-corrected chi connectivity index (χ0v) is 38.8. The number of aromatic nitrogens is 2. The first-order valence-corrected chi connectivity index (χ1v) is 24.5. The lowest BCUT2D eigenvalue weighted by Crippen LogP contribution is -2.52. The van der Waals surface area contributed by atoms with Crippen LogP contribution in [0.2, 0.25) is 0 Å². The summed E-state index contributed by atoms with van der Waals surface area (Å²) in [5.41, 5.74) is 13.9. The van der Waals surface area contributed by atoms with Crippen molar-refractivity contribution in [3.63, 3.8) is 0 Å². The summed E-state index contributed by atoms with van der Waals surface area (Å²) in [5.74, 6) is 2.47. The summed E-state index contributed by atoms with van der Waals surface area (Å²) in [6.07, 6.45) is 8.57. The Kier molecular flexibility index (Phi) is 8.86. The molecule has 9 aromatic carbocycles. The Labute approximate surface area is 414 Å². The van der Waals surface area contributed by atoms with Gasteiger partial charge in [0.25, 0.3) is 0 Å². The van der Waals surface area contributed by atoms with Crippen molar-refractivity contribution in [2.45, 2.75) is 17.7 Å². The van der Waals surface area contributed by atoms with E-state index in [1.807, 2.05) is 30.3 Å². The van der Waals surface area contributed by atoms with E-state index in [0.29, 0.717) is 22.9 Å². The topological polar surface area (TPSA) is 67.8 Å². The van der Waals surface area contributed by atoms with Gasteiger partial charge in [-0.1, -0.05) is 194 Å². The quantitative estimate of drug-likeness (QED) is 0.158. The predicted molar refractivity (Wildman–Crippen MR) is 289 cm³/mol. The van der Waals surface area contributed by atoms with Crippen LogP contribution in [0.25, 0.3) is 77.5 Å². The van der Waals surface area contributed by atoms with Crippen LogP contribution in [0, 0.1) is 0 Å². The maximum absolute atomic E-state index is 6.69. The molecule has 0 fully saturated rings. The highest BCUT2D eigenvalue weighted by Crippen LogP contribution is 2.60. The van der Waals surface area contributed by atoms with Gasteiger partial charge in [-0.3, -0.25) is 9.80 Å². The van der Waals surface area contributed by atoms with E-state index in [2.05, 4.69) is 222 Å². The highest BCUT2D eigenvalue weighted by atomic mass is 16.5. The molecule has 3 aliphatic rings.